The van der Waals surface area contributed by atoms with Crippen molar-refractivity contribution in [3.05, 3.63) is 17.2 Å². The van der Waals surface area contributed by atoms with Gasteiger partial charge in [0.1, 0.15) is 13.2 Å². The van der Waals surface area contributed by atoms with Crippen LogP contribution in [0.15, 0.2) is 12.1 Å². The number of anilines is 1. The first kappa shape index (κ1) is 14.0. The molecule has 1 aromatic rings. The number of amides is 1. The van der Waals surface area contributed by atoms with Gasteiger partial charge in [-0.15, -0.1) is 0 Å². The van der Waals surface area contributed by atoms with Crippen molar-refractivity contribution in [3.63, 3.8) is 0 Å². The molecule has 0 spiro atoms. The van der Waals surface area contributed by atoms with Crippen LogP contribution in [0.1, 0.15) is 13.3 Å². The van der Waals surface area contributed by atoms with Crippen molar-refractivity contribution in [1.29, 1.82) is 0 Å². The Hall–Kier alpha value is -1.46. The summed E-state index contributed by atoms with van der Waals surface area (Å²) in [7, 11) is 0. The molecule has 1 amide bonds. The minimum absolute atomic E-state index is 0.132. The summed E-state index contributed by atoms with van der Waals surface area (Å²) < 4.78 is 10.9. The maximum absolute atomic E-state index is 11.7. The van der Waals surface area contributed by atoms with Crippen LogP contribution in [0.25, 0.3) is 0 Å². The normalized spacial score (nSPS) is 13.2. The van der Waals surface area contributed by atoms with E-state index in [0.29, 0.717) is 35.4 Å². The van der Waals surface area contributed by atoms with Crippen LogP contribution in [-0.2, 0) is 4.79 Å². The maximum Gasteiger partial charge on any atom is 0.238 e. The molecular formula is C13H17ClN2O3. The Kier molecular flexibility index (Phi) is 4.87. The van der Waals surface area contributed by atoms with Gasteiger partial charge in [-0.3, -0.25) is 4.79 Å². The van der Waals surface area contributed by atoms with Crippen molar-refractivity contribution >= 4 is 23.2 Å². The van der Waals surface area contributed by atoms with E-state index in [1.807, 2.05) is 6.92 Å². The van der Waals surface area contributed by atoms with Gasteiger partial charge in [0, 0.05) is 12.1 Å². The maximum atomic E-state index is 11.7. The summed E-state index contributed by atoms with van der Waals surface area (Å²) in [6.07, 6.45) is 0.984. The molecule has 0 bridgehead atoms. The molecule has 2 N–H and O–H groups in total. The van der Waals surface area contributed by atoms with Crippen LogP contribution < -0.4 is 20.1 Å². The third-order valence-electron chi connectivity index (χ3n) is 2.62. The van der Waals surface area contributed by atoms with Gasteiger partial charge in [-0.2, -0.15) is 0 Å². The Bertz CT molecular complexity index is 465. The van der Waals surface area contributed by atoms with Crippen LogP contribution in [-0.4, -0.2) is 32.2 Å². The van der Waals surface area contributed by atoms with Crippen molar-refractivity contribution < 1.29 is 14.3 Å². The van der Waals surface area contributed by atoms with E-state index in [2.05, 4.69) is 10.6 Å². The summed E-state index contributed by atoms with van der Waals surface area (Å²) in [6, 6.07) is 3.35. The predicted molar refractivity (Wildman–Crippen MR) is 74.2 cm³/mol. The second-order valence-corrected chi connectivity index (χ2v) is 4.61. The van der Waals surface area contributed by atoms with Crippen LogP contribution in [0.2, 0.25) is 5.02 Å². The Morgan fingerprint density at radius 1 is 1.32 bits per heavy atom. The van der Waals surface area contributed by atoms with Gasteiger partial charge in [0.05, 0.1) is 17.3 Å². The number of halogens is 1. The summed E-state index contributed by atoms with van der Waals surface area (Å²) in [5.41, 5.74) is 0.536. The van der Waals surface area contributed by atoms with Crippen molar-refractivity contribution in [3.8, 4) is 11.5 Å². The SMILES string of the molecule is CCCNCC(=O)Nc1cc2c(cc1Cl)OCCO2. The monoisotopic (exact) mass is 284 g/mol. The van der Waals surface area contributed by atoms with E-state index in [9.17, 15) is 4.79 Å². The molecule has 0 unspecified atom stereocenters. The molecule has 0 saturated carbocycles. The molecule has 1 aromatic carbocycles. The van der Waals surface area contributed by atoms with Crippen molar-refractivity contribution in [2.24, 2.45) is 0 Å². The molecule has 6 heteroatoms. The minimum Gasteiger partial charge on any atom is -0.486 e. The lowest BCUT2D eigenvalue weighted by Crippen LogP contribution is -2.28. The van der Waals surface area contributed by atoms with Gasteiger partial charge < -0.3 is 20.1 Å². The lowest BCUT2D eigenvalue weighted by molar-refractivity contribution is -0.115. The minimum atomic E-state index is -0.132. The summed E-state index contributed by atoms with van der Waals surface area (Å²) in [5.74, 6) is 1.08. The average molecular weight is 285 g/mol. The standard InChI is InChI=1S/C13H17ClN2O3/c1-2-3-15-8-13(17)16-10-7-12-11(6-9(10)14)18-4-5-19-12/h6-7,15H,2-5,8H2,1H3,(H,16,17). The largest absolute Gasteiger partial charge is 0.486 e. The van der Waals surface area contributed by atoms with Gasteiger partial charge in [0.2, 0.25) is 5.91 Å². The lowest BCUT2D eigenvalue weighted by atomic mass is 10.2. The average Bonchev–Trinajstić information content (AvgIpc) is 2.40. The number of carbonyl (C=O) groups is 1. The zero-order chi connectivity index (χ0) is 13.7. The molecule has 0 radical (unpaired) electrons. The predicted octanol–water partition coefficient (Wildman–Crippen LogP) is 2.05. The fourth-order valence-corrected chi connectivity index (χ4v) is 1.93. The quantitative estimate of drug-likeness (QED) is 0.813. The third kappa shape index (κ3) is 3.75. The van der Waals surface area contributed by atoms with Gasteiger partial charge in [0.15, 0.2) is 11.5 Å². The zero-order valence-electron chi connectivity index (χ0n) is 10.8. The van der Waals surface area contributed by atoms with E-state index in [4.69, 9.17) is 21.1 Å². The Balaban J connectivity index is 2.01. The number of benzene rings is 1. The van der Waals surface area contributed by atoms with Crippen LogP contribution in [0, 0.1) is 0 Å². The topological polar surface area (TPSA) is 59.6 Å². The Labute approximate surface area is 117 Å². The van der Waals surface area contributed by atoms with E-state index in [-0.39, 0.29) is 12.5 Å². The van der Waals surface area contributed by atoms with Crippen LogP contribution >= 0.6 is 11.6 Å². The molecule has 0 saturated heterocycles. The molecule has 104 valence electrons. The first-order valence-corrected chi connectivity index (χ1v) is 6.68. The van der Waals surface area contributed by atoms with Gasteiger partial charge in [0.25, 0.3) is 0 Å². The van der Waals surface area contributed by atoms with E-state index < -0.39 is 0 Å². The summed E-state index contributed by atoms with van der Waals surface area (Å²) in [6.45, 7) is 4.12. The number of hydrogen-bond donors (Lipinski definition) is 2. The Morgan fingerprint density at radius 2 is 2.00 bits per heavy atom. The second-order valence-electron chi connectivity index (χ2n) is 4.20. The van der Waals surface area contributed by atoms with Crippen LogP contribution in [0.3, 0.4) is 0 Å². The van der Waals surface area contributed by atoms with Gasteiger partial charge in [-0.1, -0.05) is 18.5 Å². The molecule has 2 rings (SSSR count). The van der Waals surface area contributed by atoms with Crippen molar-refractivity contribution in [1.82, 2.24) is 5.32 Å². The molecule has 19 heavy (non-hydrogen) atoms. The van der Waals surface area contributed by atoms with Gasteiger partial charge in [-0.25, -0.2) is 0 Å². The lowest BCUT2D eigenvalue weighted by Gasteiger charge is -2.20. The summed E-state index contributed by atoms with van der Waals surface area (Å²) >= 11 is 6.10. The molecule has 1 aliphatic heterocycles. The highest BCUT2D eigenvalue weighted by atomic mass is 35.5. The number of fused-ring (bicyclic) bond motifs is 1. The van der Waals surface area contributed by atoms with Gasteiger partial charge >= 0.3 is 0 Å². The van der Waals surface area contributed by atoms with Crippen molar-refractivity contribution in [2.45, 2.75) is 13.3 Å². The number of ether oxygens (including phenoxy) is 2. The number of hydrogen-bond acceptors (Lipinski definition) is 4. The zero-order valence-corrected chi connectivity index (χ0v) is 11.5. The van der Waals surface area contributed by atoms with Crippen molar-refractivity contribution in [2.75, 3.05) is 31.6 Å². The summed E-state index contributed by atoms with van der Waals surface area (Å²) in [4.78, 5) is 11.7. The number of nitrogens with one attached hydrogen (secondary N) is 2. The van der Waals surface area contributed by atoms with Gasteiger partial charge in [-0.05, 0) is 13.0 Å². The first-order chi connectivity index (χ1) is 9.20. The highest BCUT2D eigenvalue weighted by Gasteiger charge is 2.16. The molecule has 0 atom stereocenters. The highest BCUT2D eigenvalue weighted by molar-refractivity contribution is 6.34. The summed E-state index contributed by atoms with van der Waals surface area (Å²) in [5, 5.41) is 6.21. The van der Waals surface area contributed by atoms with E-state index >= 15 is 0 Å². The molecule has 1 aliphatic rings. The molecule has 5 nitrogen and oxygen atoms in total. The van der Waals surface area contributed by atoms with E-state index in [0.717, 1.165) is 13.0 Å². The second kappa shape index (κ2) is 6.63. The smallest absolute Gasteiger partial charge is 0.238 e. The number of rotatable bonds is 5. The molecular weight excluding hydrogens is 268 g/mol. The van der Waals surface area contributed by atoms with Crippen LogP contribution in [0.4, 0.5) is 5.69 Å². The van der Waals surface area contributed by atoms with E-state index in [1.54, 1.807) is 12.1 Å². The van der Waals surface area contributed by atoms with E-state index in [1.165, 1.54) is 0 Å². The van der Waals surface area contributed by atoms with Crippen LogP contribution in [0.5, 0.6) is 11.5 Å². The first-order valence-electron chi connectivity index (χ1n) is 6.30. The fraction of sp³-hybridized carbons (Fsp3) is 0.462. The molecule has 0 aliphatic carbocycles. The Morgan fingerprint density at radius 3 is 2.68 bits per heavy atom. The fourth-order valence-electron chi connectivity index (χ4n) is 1.73. The molecule has 1 heterocycles. The third-order valence-corrected chi connectivity index (χ3v) is 2.93. The molecule has 0 aromatic heterocycles. The number of carbonyl (C=O) groups excluding carboxylic acids is 1. The molecule has 0 fully saturated rings. The highest BCUT2D eigenvalue weighted by Crippen LogP contribution is 2.37.